The molecule has 0 spiro atoms. The number of rotatable bonds is 5. The van der Waals surface area contributed by atoms with Gasteiger partial charge in [0.25, 0.3) is 0 Å². The van der Waals surface area contributed by atoms with E-state index in [0.29, 0.717) is 6.04 Å². The van der Waals surface area contributed by atoms with Crippen LogP contribution in [0.2, 0.25) is 0 Å². The summed E-state index contributed by atoms with van der Waals surface area (Å²) in [5.41, 5.74) is 0. The van der Waals surface area contributed by atoms with Crippen LogP contribution in [-0.4, -0.2) is 18.5 Å². The molecular weight excluding hydrogens is 232 g/mol. The summed E-state index contributed by atoms with van der Waals surface area (Å²) in [5.74, 6) is -0.442. The molecule has 0 aromatic rings. The minimum absolute atomic E-state index is 0.0999. The molecular formula is C15H27F2N. The van der Waals surface area contributed by atoms with E-state index in [1.165, 1.54) is 32.1 Å². The van der Waals surface area contributed by atoms with Crippen molar-refractivity contribution >= 4 is 0 Å². The third-order valence-electron chi connectivity index (χ3n) is 4.52. The lowest BCUT2D eigenvalue weighted by Crippen LogP contribution is -2.44. The molecule has 0 aromatic carbocycles. The quantitative estimate of drug-likeness (QED) is 0.779. The Hall–Kier alpha value is -0.180. The first-order valence-corrected chi connectivity index (χ1v) is 7.56. The topological polar surface area (TPSA) is 12.0 Å². The predicted octanol–water partition coefficient (Wildman–Crippen LogP) is 4.23. The van der Waals surface area contributed by atoms with E-state index >= 15 is 0 Å². The van der Waals surface area contributed by atoms with Crippen LogP contribution in [0.3, 0.4) is 0 Å². The molecule has 0 unspecified atom stereocenters. The molecule has 2 aliphatic rings. The van der Waals surface area contributed by atoms with E-state index in [9.17, 15) is 8.78 Å². The molecule has 2 rings (SSSR count). The van der Waals surface area contributed by atoms with Crippen molar-refractivity contribution in [3.63, 3.8) is 0 Å². The first-order chi connectivity index (χ1) is 8.44. The molecule has 0 amide bonds. The monoisotopic (exact) mass is 259 g/mol. The summed E-state index contributed by atoms with van der Waals surface area (Å²) in [7, 11) is 0. The van der Waals surface area contributed by atoms with Crippen LogP contribution < -0.4 is 5.32 Å². The summed E-state index contributed by atoms with van der Waals surface area (Å²) in [6.45, 7) is 5.39. The fourth-order valence-electron chi connectivity index (χ4n) is 3.53. The minimum atomic E-state index is -2.36. The van der Waals surface area contributed by atoms with Crippen LogP contribution in [0.4, 0.5) is 8.78 Å². The Kier molecular flexibility index (Phi) is 4.63. The van der Waals surface area contributed by atoms with Gasteiger partial charge in [0.2, 0.25) is 5.92 Å². The van der Waals surface area contributed by atoms with Gasteiger partial charge < -0.3 is 5.32 Å². The Morgan fingerprint density at radius 2 is 1.67 bits per heavy atom. The zero-order valence-corrected chi connectivity index (χ0v) is 11.7. The second kappa shape index (κ2) is 5.85. The average Bonchev–Trinajstić information content (AvgIpc) is 2.24. The van der Waals surface area contributed by atoms with Crippen molar-refractivity contribution in [3.8, 4) is 0 Å². The van der Waals surface area contributed by atoms with E-state index in [4.69, 9.17) is 0 Å². The van der Waals surface area contributed by atoms with Gasteiger partial charge in [0.15, 0.2) is 0 Å². The maximum absolute atomic E-state index is 12.7. The molecule has 1 N–H and O–H groups in total. The molecule has 0 aliphatic heterocycles. The fourth-order valence-corrected chi connectivity index (χ4v) is 3.53. The molecule has 3 heteroatoms. The lowest BCUT2D eigenvalue weighted by atomic mass is 9.79. The molecule has 0 heterocycles. The SMILES string of the molecule is CC(C)CC1CCC(NCC2CC(F)(F)C2)CC1. The van der Waals surface area contributed by atoms with Crippen LogP contribution in [0, 0.1) is 17.8 Å². The van der Waals surface area contributed by atoms with Gasteiger partial charge in [0, 0.05) is 18.9 Å². The van der Waals surface area contributed by atoms with Crippen LogP contribution in [-0.2, 0) is 0 Å². The molecule has 1 nitrogen and oxygen atoms in total. The zero-order valence-electron chi connectivity index (χ0n) is 11.7. The normalized spacial score (nSPS) is 32.5. The highest BCUT2D eigenvalue weighted by Gasteiger charge is 2.44. The summed E-state index contributed by atoms with van der Waals surface area (Å²) in [5, 5.41) is 3.50. The lowest BCUT2D eigenvalue weighted by Gasteiger charge is -2.37. The Balaban J connectivity index is 1.57. The van der Waals surface area contributed by atoms with Crippen molar-refractivity contribution < 1.29 is 8.78 Å². The fraction of sp³-hybridized carbons (Fsp3) is 1.00. The van der Waals surface area contributed by atoms with Gasteiger partial charge in [-0.1, -0.05) is 13.8 Å². The summed E-state index contributed by atoms with van der Waals surface area (Å²) in [6, 6.07) is 0.586. The number of halogens is 2. The van der Waals surface area contributed by atoms with Gasteiger partial charge in [-0.05, 0) is 56.4 Å². The van der Waals surface area contributed by atoms with E-state index in [1.54, 1.807) is 0 Å². The summed E-state index contributed by atoms with van der Waals surface area (Å²) in [4.78, 5) is 0. The molecule has 106 valence electrons. The van der Waals surface area contributed by atoms with Gasteiger partial charge in [0.05, 0.1) is 0 Å². The van der Waals surface area contributed by atoms with Crippen LogP contribution in [0.15, 0.2) is 0 Å². The van der Waals surface area contributed by atoms with Crippen LogP contribution >= 0.6 is 0 Å². The Morgan fingerprint density at radius 3 is 2.17 bits per heavy atom. The van der Waals surface area contributed by atoms with Crippen molar-refractivity contribution in [2.75, 3.05) is 6.54 Å². The van der Waals surface area contributed by atoms with Crippen molar-refractivity contribution in [1.82, 2.24) is 5.32 Å². The molecule has 18 heavy (non-hydrogen) atoms. The third-order valence-corrected chi connectivity index (χ3v) is 4.52. The average molecular weight is 259 g/mol. The van der Waals surface area contributed by atoms with E-state index in [-0.39, 0.29) is 18.8 Å². The molecule has 0 aromatic heterocycles. The minimum Gasteiger partial charge on any atom is -0.314 e. The van der Waals surface area contributed by atoms with Crippen LogP contribution in [0.25, 0.3) is 0 Å². The highest BCUT2D eigenvalue weighted by molar-refractivity contribution is 4.88. The van der Waals surface area contributed by atoms with Crippen molar-refractivity contribution in [2.24, 2.45) is 17.8 Å². The lowest BCUT2D eigenvalue weighted by molar-refractivity contribution is -0.109. The van der Waals surface area contributed by atoms with Gasteiger partial charge in [-0.15, -0.1) is 0 Å². The molecule has 2 aliphatic carbocycles. The Labute approximate surface area is 110 Å². The molecule has 0 radical (unpaired) electrons. The van der Waals surface area contributed by atoms with Crippen molar-refractivity contribution in [1.29, 1.82) is 0 Å². The van der Waals surface area contributed by atoms with Crippen molar-refractivity contribution in [3.05, 3.63) is 0 Å². The van der Waals surface area contributed by atoms with Crippen LogP contribution in [0.1, 0.15) is 58.8 Å². The van der Waals surface area contributed by atoms with Gasteiger partial charge in [-0.25, -0.2) is 8.78 Å². The maximum Gasteiger partial charge on any atom is 0.248 e. The highest BCUT2D eigenvalue weighted by atomic mass is 19.3. The predicted molar refractivity (Wildman–Crippen MR) is 70.9 cm³/mol. The molecule has 2 saturated carbocycles. The second-order valence-electron chi connectivity index (χ2n) is 6.89. The Morgan fingerprint density at radius 1 is 1.06 bits per heavy atom. The van der Waals surface area contributed by atoms with Crippen LogP contribution in [0.5, 0.6) is 0 Å². The molecule has 0 saturated heterocycles. The molecule has 2 fully saturated rings. The van der Waals surface area contributed by atoms with E-state index in [1.807, 2.05) is 0 Å². The van der Waals surface area contributed by atoms with Gasteiger partial charge in [-0.2, -0.15) is 0 Å². The molecule has 0 atom stereocenters. The number of hydrogen-bond donors (Lipinski definition) is 1. The van der Waals surface area contributed by atoms with Gasteiger partial charge >= 0.3 is 0 Å². The largest absolute Gasteiger partial charge is 0.314 e. The number of alkyl halides is 2. The summed E-state index contributed by atoms with van der Waals surface area (Å²) >= 11 is 0. The van der Waals surface area contributed by atoms with Gasteiger partial charge in [-0.3, -0.25) is 0 Å². The van der Waals surface area contributed by atoms with Gasteiger partial charge in [0.1, 0.15) is 0 Å². The van der Waals surface area contributed by atoms with E-state index in [2.05, 4.69) is 19.2 Å². The number of nitrogens with one attached hydrogen (secondary N) is 1. The number of hydrogen-bond acceptors (Lipinski definition) is 1. The summed E-state index contributed by atoms with van der Waals surface area (Å²) in [6.07, 6.45) is 6.65. The first kappa shape index (κ1) is 14.2. The third kappa shape index (κ3) is 4.18. The van der Waals surface area contributed by atoms with Crippen molar-refractivity contribution in [2.45, 2.75) is 70.8 Å². The maximum atomic E-state index is 12.7. The zero-order chi connectivity index (χ0) is 13.2. The molecule has 0 bridgehead atoms. The highest BCUT2D eigenvalue weighted by Crippen LogP contribution is 2.42. The Bertz CT molecular complexity index is 249. The first-order valence-electron chi connectivity index (χ1n) is 7.56. The standard InChI is InChI=1S/C15H27F2N/c1-11(2)7-12-3-5-14(6-4-12)18-10-13-8-15(16,17)9-13/h11-14,18H,3-10H2,1-2H3. The second-order valence-corrected chi connectivity index (χ2v) is 6.89. The van der Waals surface area contributed by atoms with E-state index < -0.39 is 5.92 Å². The smallest absolute Gasteiger partial charge is 0.248 e. The van der Waals surface area contributed by atoms with E-state index in [0.717, 1.165) is 18.4 Å². The summed E-state index contributed by atoms with van der Waals surface area (Å²) < 4.78 is 25.4.